The molecule has 1 aliphatic carbocycles. The van der Waals surface area contributed by atoms with Crippen LogP contribution in [0.5, 0.6) is 0 Å². The number of nitrogens with zero attached hydrogens (tertiary/aromatic N) is 1. The van der Waals surface area contributed by atoms with E-state index in [-0.39, 0.29) is 23.2 Å². The molecule has 152 valence electrons. The fourth-order valence-corrected chi connectivity index (χ4v) is 4.45. The van der Waals surface area contributed by atoms with Gasteiger partial charge in [0.05, 0.1) is 4.90 Å². The van der Waals surface area contributed by atoms with E-state index in [4.69, 9.17) is 0 Å². The summed E-state index contributed by atoms with van der Waals surface area (Å²) in [4.78, 5) is 14.9. The first-order valence-electron chi connectivity index (χ1n) is 9.53. The highest BCUT2D eigenvalue weighted by Gasteiger charge is 2.27. The molecule has 3 rings (SSSR count). The lowest BCUT2D eigenvalue weighted by atomic mass is 10.0. The Kier molecular flexibility index (Phi) is 7.68. The number of rotatable bonds is 7. The molecule has 0 radical (unpaired) electrons. The smallest absolute Gasteiger partial charge is 0.254 e. The number of likely N-dealkylation sites (tertiary alicyclic amines) is 1. The van der Waals surface area contributed by atoms with Crippen LogP contribution >= 0.6 is 12.4 Å². The zero-order chi connectivity index (χ0) is 18.7. The summed E-state index contributed by atoms with van der Waals surface area (Å²) in [5.74, 6) is 0.787. The van der Waals surface area contributed by atoms with E-state index in [0.29, 0.717) is 31.2 Å². The summed E-state index contributed by atoms with van der Waals surface area (Å²) < 4.78 is 26.9. The number of sulfonamides is 1. The maximum atomic E-state index is 12.9. The van der Waals surface area contributed by atoms with Crippen molar-refractivity contribution in [3.05, 3.63) is 29.3 Å². The van der Waals surface area contributed by atoms with Gasteiger partial charge < -0.3 is 10.2 Å². The van der Waals surface area contributed by atoms with Gasteiger partial charge in [0.15, 0.2) is 0 Å². The van der Waals surface area contributed by atoms with E-state index in [9.17, 15) is 13.2 Å². The van der Waals surface area contributed by atoms with E-state index < -0.39 is 10.0 Å². The number of halogens is 1. The van der Waals surface area contributed by atoms with Gasteiger partial charge in [0.25, 0.3) is 5.91 Å². The highest BCUT2D eigenvalue weighted by Crippen LogP contribution is 2.28. The average Bonchev–Trinajstić information content (AvgIpc) is 3.44. The third-order valence-corrected chi connectivity index (χ3v) is 6.80. The quantitative estimate of drug-likeness (QED) is 0.716. The highest BCUT2D eigenvalue weighted by atomic mass is 35.5. The molecule has 1 heterocycles. The van der Waals surface area contributed by atoms with Crippen LogP contribution in [0.15, 0.2) is 23.1 Å². The summed E-state index contributed by atoms with van der Waals surface area (Å²) in [7, 11) is -3.56. The summed E-state index contributed by atoms with van der Waals surface area (Å²) in [6.45, 7) is 6.43. The summed E-state index contributed by atoms with van der Waals surface area (Å²) >= 11 is 0. The lowest BCUT2D eigenvalue weighted by molar-refractivity contribution is 0.0704. The Hall–Kier alpha value is -1.15. The molecule has 0 unspecified atom stereocenters. The van der Waals surface area contributed by atoms with Gasteiger partial charge >= 0.3 is 0 Å². The zero-order valence-electron chi connectivity index (χ0n) is 16.0. The van der Waals surface area contributed by atoms with Crippen LogP contribution in [-0.4, -0.2) is 51.4 Å². The first-order valence-corrected chi connectivity index (χ1v) is 11.0. The van der Waals surface area contributed by atoms with Gasteiger partial charge in [0, 0.05) is 31.2 Å². The van der Waals surface area contributed by atoms with Crippen LogP contribution < -0.4 is 10.0 Å². The van der Waals surface area contributed by atoms with Crippen molar-refractivity contribution in [3.63, 3.8) is 0 Å². The van der Waals surface area contributed by atoms with E-state index in [2.05, 4.69) is 10.0 Å². The standard InChI is InChI=1S/C19H29N3O3S.ClH/c1-3-21-26(24,25)17-7-4-14(2)18(12-17)19(23)22-10-8-16(9-11-22)20-13-15-5-6-15;/h4,7,12,15-16,20-21H,3,5-6,8-11,13H2,1-2H3;1H. The first kappa shape index (κ1) is 22.1. The van der Waals surface area contributed by atoms with E-state index in [1.807, 2.05) is 11.8 Å². The molecule has 8 heteroatoms. The number of piperidine rings is 1. The minimum atomic E-state index is -3.56. The van der Waals surface area contributed by atoms with Crippen molar-refractivity contribution < 1.29 is 13.2 Å². The molecule has 0 bridgehead atoms. The van der Waals surface area contributed by atoms with Gasteiger partial charge in [-0.2, -0.15) is 0 Å². The topological polar surface area (TPSA) is 78.5 Å². The zero-order valence-corrected chi connectivity index (χ0v) is 17.7. The minimum Gasteiger partial charge on any atom is -0.339 e. The van der Waals surface area contributed by atoms with Gasteiger partial charge in [-0.1, -0.05) is 13.0 Å². The third kappa shape index (κ3) is 5.67. The second-order valence-corrected chi connectivity index (χ2v) is 9.16. The van der Waals surface area contributed by atoms with Crippen molar-refractivity contribution in [2.75, 3.05) is 26.2 Å². The van der Waals surface area contributed by atoms with Crippen molar-refractivity contribution in [2.24, 2.45) is 5.92 Å². The summed E-state index contributed by atoms with van der Waals surface area (Å²) in [5, 5.41) is 3.61. The molecule has 1 aliphatic heterocycles. The molecule has 0 atom stereocenters. The second-order valence-electron chi connectivity index (χ2n) is 7.40. The van der Waals surface area contributed by atoms with Gasteiger partial charge in [-0.15, -0.1) is 12.4 Å². The molecule has 1 aromatic rings. The Bertz CT molecular complexity index is 757. The predicted molar refractivity (Wildman–Crippen MR) is 109 cm³/mol. The van der Waals surface area contributed by atoms with Crippen LogP contribution in [-0.2, 0) is 10.0 Å². The molecular formula is C19H30ClN3O3S. The number of carbonyl (C=O) groups excluding carboxylic acids is 1. The van der Waals surface area contributed by atoms with Gasteiger partial charge in [-0.05, 0) is 62.8 Å². The molecule has 2 aliphatic rings. The largest absolute Gasteiger partial charge is 0.339 e. The van der Waals surface area contributed by atoms with Crippen molar-refractivity contribution in [3.8, 4) is 0 Å². The molecule has 6 nitrogen and oxygen atoms in total. The molecule has 1 aromatic carbocycles. The van der Waals surface area contributed by atoms with E-state index in [1.165, 1.54) is 18.9 Å². The van der Waals surface area contributed by atoms with E-state index in [0.717, 1.165) is 30.9 Å². The Balaban J connectivity index is 0.00000261. The summed E-state index contributed by atoms with van der Waals surface area (Å²) in [6, 6.07) is 5.26. The Morgan fingerprint density at radius 3 is 2.44 bits per heavy atom. The molecule has 1 saturated heterocycles. The van der Waals surface area contributed by atoms with Gasteiger partial charge in [0.2, 0.25) is 10.0 Å². The van der Waals surface area contributed by atoms with Gasteiger partial charge in [-0.25, -0.2) is 13.1 Å². The van der Waals surface area contributed by atoms with Crippen LogP contribution in [0.25, 0.3) is 0 Å². The van der Waals surface area contributed by atoms with Crippen molar-refractivity contribution in [1.29, 1.82) is 0 Å². The van der Waals surface area contributed by atoms with Gasteiger partial charge in [-0.3, -0.25) is 4.79 Å². The predicted octanol–water partition coefficient (Wildman–Crippen LogP) is 2.32. The van der Waals surface area contributed by atoms with Crippen molar-refractivity contribution in [2.45, 2.75) is 50.5 Å². The number of hydrogen-bond donors (Lipinski definition) is 2. The molecule has 2 N–H and O–H groups in total. The SMILES string of the molecule is CCNS(=O)(=O)c1ccc(C)c(C(=O)N2CCC(NCC3CC3)CC2)c1.Cl. The molecule has 0 aromatic heterocycles. The lowest BCUT2D eigenvalue weighted by Gasteiger charge is -2.33. The Labute approximate surface area is 168 Å². The van der Waals surface area contributed by atoms with Crippen molar-refractivity contribution in [1.82, 2.24) is 14.9 Å². The second kappa shape index (κ2) is 9.37. The number of nitrogens with one attached hydrogen (secondary N) is 2. The molecule has 2 fully saturated rings. The molecule has 1 saturated carbocycles. The number of benzene rings is 1. The van der Waals surface area contributed by atoms with Crippen LogP contribution in [0.3, 0.4) is 0 Å². The number of carbonyl (C=O) groups is 1. The minimum absolute atomic E-state index is 0. The normalized spacial score (nSPS) is 18.2. The number of amides is 1. The van der Waals surface area contributed by atoms with E-state index in [1.54, 1.807) is 19.1 Å². The molecule has 1 amide bonds. The first-order chi connectivity index (χ1) is 12.4. The van der Waals surface area contributed by atoms with Crippen molar-refractivity contribution >= 4 is 28.3 Å². The van der Waals surface area contributed by atoms with Gasteiger partial charge in [0.1, 0.15) is 0 Å². The lowest BCUT2D eigenvalue weighted by Crippen LogP contribution is -2.45. The van der Waals surface area contributed by atoms with Crippen LogP contribution in [0.4, 0.5) is 0 Å². The third-order valence-electron chi connectivity index (χ3n) is 5.26. The fourth-order valence-electron chi connectivity index (χ4n) is 3.38. The summed E-state index contributed by atoms with van der Waals surface area (Å²) in [5.41, 5.74) is 1.28. The number of aryl methyl sites for hydroxylation is 1. The fraction of sp³-hybridized carbons (Fsp3) is 0.632. The molecule has 0 spiro atoms. The van der Waals surface area contributed by atoms with Crippen LogP contribution in [0.1, 0.15) is 48.5 Å². The summed E-state index contributed by atoms with van der Waals surface area (Å²) in [6.07, 6.45) is 4.59. The number of hydrogen-bond acceptors (Lipinski definition) is 4. The molecule has 27 heavy (non-hydrogen) atoms. The highest BCUT2D eigenvalue weighted by molar-refractivity contribution is 7.89. The average molecular weight is 416 g/mol. The maximum absolute atomic E-state index is 12.9. The monoisotopic (exact) mass is 415 g/mol. The Morgan fingerprint density at radius 2 is 1.85 bits per heavy atom. The van der Waals surface area contributed by atoms with Crippen LogP contribution in [0.2, 0.25) is 0 Å². The Morgan fingerprint density at radius 1 is 1.19 bits per heavy atom. The van der Waals surface area contributed by atoms with Crippen LogP contribution in [0, 0.1) is 12.8 Å². The maximum Gasteiger partial charge on any atom is 0.254 e. The molecular weight excluding hydrogens is 386 g/mol. The van der Waals surface area contributed by atoms with E-state index >= 15 is 0 Å².